The van der Waals surface area contributed by atoms with E-state index in [-0.39, 0.29) is 6.04 Å². The molecule has 0 aliphatic rings. The predicted molar refractivity (Wildman–Crippen MR) is 54.2 cm³/mol. The Morgan fingerprint density at radius 3 is 1.72 bits per heavy atom. The molecule has 0 heterocycles. The van der Waals surface area contributed by atoms with Crippen molar-refractivity contribution in [3.63, 3.8) is 0 Å². The molecule has 110 valence electrons. The van der Waals surface area contributed by atoms with Gasteiger partial charge in [0.2, 0.25) is 6.10 Å². The van der Waals surface area contributed by atoms with Gasteiger partial charge in [0.15, 0.2) is 0 Å². The van der Waals surface area contributed by atoms with E-state index in [4.69, 9.17) is 0 Å². The third-order valence-electron chi connectivity index (χ3n) is 2.02. The van der Waals surface area contributed by atoms with Crippen molar-refractivity contribution in [3.05, 3.63) is 0 Å². The summed E-state index contributed by atoms with van der Waals surface area (Å²) in [5.41, 5.74) is 0. The molecule has 8 heteroatoms. The molecular formula is C10H17F6NO. The van der Waals surface area contributed by atoms with Crippen molar-refractivity contribution >= 4 is 0 Å². The van der Waals surface area contributed by atoms with Gasteiger partial charge in [-0.1, -0.05) is 20.8 Å². The molecule has 0 saturated carbocycles. The Labute approximate surface area is 102 Å². The van der Waals surface area contributed by atoms with Crippen LogP contribution in [-0.2, 0) is 4.74 Å². The standard InChI is InChI=1S/C10H17F6NO/c1-6(2)17-4-7(3)5-18-8(9(11,12)13)10(14,15)16/h6-8,17H,4-5H2,1-3H3. The number of nitrogens with one attached hydrogen (secondary N) is 1. The monoisotopic (exact) mass is 281 g/mol. The van der Waals surface area contributed by atoms with Gasteiger partial charge < -0.3 is 10.1 Å². The fraction of sp³-hybridized carbons (Fsp3) is 1.00. The third kappa shape index (κ3) is 7.05. The summed E-state index contributed by atoms with van der Waals surface area (Å²) < 4.78 is 76.7. The van der Waals surface area contributed by atoms with Crippen molar-refractivity contribution in [2.45, 2.75) is 45.3 Å². The first-order chi connectivity index (χ1) is 7.94. The lowest BCUT2D eigenvalue weighted by atomic mass is 10.2. The minimum Gasteiger partial charge on any atom is -0.361 e. The Hall–Kier alpha value is -0.500. The molecule has 0 saturated heterocycles. The molecular weight excluding hydrogens is 264 g/mol. The van der Waals surface area contributed by atoms with E-state index < -0.39 is 31.0 Å². The fourth-order valence-corrected chi connectivity index (χ4v) is 1.13. The first kappa shape index (κ1) is 17.5. The summed E-state index contributed by atoms with van der Waals surface area (Å²) in [6.45, 7) is 4.84. The van der Waals surface area contributed by atoms with E-state index in [0.29, 0.717) is 6.54 Å². The molecule has 1 N–H and O–H groups in total. The van der Waals surface area contributed by atoms with Gasteiger partial charge in [0, 0.05) is 12.6 Å². The Kier molecular flexibility index (Phi) is 6.42. The summed E-state index contributed by atoms with van der Waals surface area (Å²) in [6, 6.07) is 0.105. The van der Waals surface area contributed by atoms with Crippen LogP contribution < -0.4 is 5.32 Å². The summed E-state index contributed by atoms with van der Waals surface area (Å²) in [5.74, 6) is -0.445. The van der Waals surface area contributed by atoms with E-state index in [1.165, 1.54) is 6.92 Å². The van der Waals surface area contributed by atoms with E-state index in [2.05, 4.69) is 10.1 Å². The average Bonchev–Trinajstić information content (AvgIpc) is 2.10. The molecule has 0 amide bonds. The van der Waals surface area contributed by atoms with Crippen LogP contribution in [0.2, 0.25) is 0 Å². The van der Waals surface area contributed by atoms with Gasteiger partial charge in [-0.15, -0.1) is 0 Å². The number of hydrogen-bond acceptors (Lipinski definition) is 2. The minimum atomic E-state index is -5.44. The molecule has 0 rings (SSSR count). The van der Waals surface area contributed by atoms with Crippen LogP contribution in [-0.4, -0.2) is 37.7 Å². The molecule has 0 aromatic rings. The Bertz CT molecular complexity index is 224. The van der Waals surface area contributed by atoms with E-state index in [0.717, 1.165) is 0 Å². The molecule has 1 unspecified atom stereocenters. The smallest absolute Gasteiger partial charge is 0.361 e. The highest BCUT2D eigenvalue weighted by molar-refractivity contribution is 4.76. The van der Waals surface area contributed by atoms with E-state index in [1.54, 1.807) is 0 Å². The lowest BCUT2D eigenvalue weighted by Crippen LogP contribution is -2.45. The van der Waals surface area contributed by atoms with Crippen molar-refractivity contribution in [2.75, 3.05) is 13.2 Å². The van der Waals surface area contributed by atoms with Gasteiger partial charge in [0.1, 0.15) is 0 Å². The van der Waals surface area contributed by atoms with Gasteiger partial charge in [-0.2, -0.15) is 26.3 Å². The normalized spacial score (nSPS) is 15.5. The second-order valence-electron chi connectivity index (χ2n) is 4.46. The van der Waals surface area contributed by atoms with Crippen LogP contribution in [0.25, 0.3) is 0 Å². The fourth-order valence-electron chi connectivity index (χ4n) is 1.13. The Balaban J connectivity index is 4.29. The zero-order valence-electron chi connectivity index (χ0n) is 10.3. The van der Waals surface area contributed by atoms with Crippen molar-refractivity contribution in [1.82, 2.24) is 5.32 Å². The molecule has 2 nitrogen and oxygen atoms in total. The lowest BCUT2D eigenvalue weighted by molar-refractivity contribution is -0.323. The zero-order chi connectivity index (χ0) is 14.6. The summed E-state index contributed by atoms with van der Waals surface area (Å²) >= 11 is 0. The van der Waals surface area contributed by atoms with E-state index in [9.17, 15) is 26.3 Å². The molecule has 0 bridgehead atoms. The van der Waals surface area contributed by atoms with Crippen molar-refractivity contribution in [2.24, 2.45) is 5.92 Å². The molecule has 0 aromatic carbocycles. The summed E-state index contributed by atoms with van der Waals surface area (Å²) in [7, 11) is 0. The molecule has 0 aliphatic heterocycles. The van der Waals surface area contributed by atoms with Gasteiger partial charge in [-0.25, -0.2) is 0 Å². The van der Waals surface area contributed by atoms with Crippen LogP contribution in [0.3, 0.4) is 0 Å². The number of halogens is 6. The summed E-state index contributed by atoms with van der Waals surface area (Å²) in [5, 5.41) is 2.90. The first-order valence-corrected chi connectivity index (χ1v) is 5.43. The van der Waals surface area contributed by atoms with Crippen LogP contribution in [0.5, 0.6) is 0 Å². The second-order valence-corrected chi connectivity index (χ2v) is 4.46. The maximum absolute atomic E-state index is 12.1. The van der Waals surface area contributed by atoms with Gasteiger partial charge in [-0.3, -0.25) is 0 Å². The molecule has 0 fully saturated rings. The van der Waals surface area contributed by atoms with Crippen molar-refractivity contribution in [1.29, 1.82) is 0 Å². The number of ether oxygens (including phenoxy) is 1. The quantitative estimate of drug-likeness (QED) is 0.755. The molecule has 0 aromatic heterocycles. The highest BCUT2D eigenvalue weighted by atomic mass is 19.4. The maximum Gasteiger partial charge on any atom is 0.423 e. The Morgan fingerprint density at radius 1 is 0.944 bits per heavy atom. The summed E-state index contributed by atoms with van der Waals surface area (Å²) in [4.78, 5) is 0. The van der Waals surface area contributed by atoms with Gasteiger partial charge in [-0.05, 0) is 5.92 Å². The second kappa shape index (κ2) is 6.60. The zero-order valence-corrected chi connectivity index (χ0v) is 10.3. The maximum atomic E-state index is 12.1. The molecule has 0 aliphatic carbocycles. The van der Waals surface area contributed by atoms with Crippen LogP contribution in [0.15, 0.2) is 0 Å². The van der Waals surface area contributed by atoms with Crippen LogP contribution >= 0.6 is 0 Å². The van der Waals surface area contributed by atoms with Crippen LogP contribution in [0.1, 0.15) is 20.8 Å². The first-order valence-electron chi connectivity index (χ1n) is 5.43. The minimum absolute atomic E-state index is 0.105. The lowest BCUT2D eigenvalue weighted by Gasteiger charge is -2.25. The Morgan fingerprint density at radius 2 is 1.39 bits per heavy atom. The predicted octanol–water partition coefficient (Wildman–Crippen LogP) is 3.13. The van der Waals surface area contributed by atoms with Crippen molar-refractivity contribution in [3.8, 4) is 0 Å². The highest BCUT2D eigenvalue weighted by Crippen LogP contribution is 2.35. The molecule has 0 radical (unpaired) electrons. The largest absolute Gasteiger partial charge is 0.423 e. The van der Waals surface area contributed by atoms with Gasteiger partial charge in [0.25, 0.3) is 0 Å². The molecule has 18 heavy (non-hydrogen) atoms. The van der Waals surface area contributed by atoms with Gasteiger partial charge in [0.05, 0.1) is 6.61 Å². The topological polar surface area (TPSA) is 21.3 Å². The van der Waals surface area contributed by atoms with Crippen molar-refractivity contribution < 1.29 is 31.1 Å². The molecule has 0 spiro atoms. The number of alkyl halides is 6. The SMILES string of the molecule is CC(CNC(C)C)COC(C(F)(F)F)C(F)(F)F. The number of hydrogen-bond donors (Lipinski definition) is 1. The van der Waals surface area contributed by atoms with Crippen LogP contribution in [0.4, 0.5) is 26.3 Å². The highest BCUT2D eigenvalue weighted by Gasteiger charge is 2.57. The molecule has 1 atom stereocenters. The third-order valence-corrected chi connectivity index (χ3v) is 2.02. The number of rotatable bonds is 6. The van der Waals surface area contributed by atoms with Crippen LogP contribution in [0, 0.1) is 5.92 Å². The van der Waals surface area contributed by atoms with E-state index in [1.807, 2.05) is 13.8 Å². The summed E-state index contributed by atoms with van der Waals surface area (Å²) in [6.07, 6.45) is -14.6. The average molecular weight is 281 g/mol. The van der Waals surface area contributed by atoms with E-state index >= 15 is 0 Å². The van der Waals surface area contributed by atoms with Gasteiger partial charge >= 0.3 is 12.4 Å².